The smallest absolute Gasteiger partial charge is 0.279 e. The first-order valence-corrected chi connectivity index (χ1v) is 11.5. The number of hydrogen-bond acceptors (Lipinski definition) is 5. The van der Waals surface area contributed by atoms with E-state index in [1.807, 2.05) is 72.8 Å². The molecular weight excluding hydrogens is 442 g/mol. The molecule has 0 saturated carbocycles. The second-order valence-corrected chi connectivity index (χ2v) is 9.42. The van der Waals surface area contributed by atoms with Crippen LogP contribution in [0.4, 0.5) is 5.69 Å². The Morgan fingerprint density at radius 1 is 1.11 bits per heavy atom. The van der Waals surface area contributed by atoms with E-state index in [0.717, 1.165) is 27.7 Å². The van der Waals surface area contributed by atoms with Crippen LogP contribution < -0.4 is 4.90 Å². The van der Waals surface area contributed by atoms with E-state index < -0.39 is 5.92 Å². The molecule has 1 saturated heterocycles. The average molecular weight is 466 g/mol. The fourth-order valence-electron chi connectivity index (χ4n) is 4.68. The summed E-state index contributed by atoms with van der Waals surface area (Å²) in [6.45, 7) is 3.82. The zero-order valence-corrected chi connectivity index (χ0v) is 19.1. The first-order chi connectivity index (χ1) is 17.0. The highest BCUT2D eigenvalue weighted by Gasteiger charge is 2.38. The molecule has 1 aromatic heterocycles. The Bertz CT molecular complexity index is 1460. The van der Waals surface area contributed by atoms with Gasteiger partial charge in [0.1, 0.15) is 0 Å². The van der Waals surface area contributed by atoms with Crippen molar-refractivity contribution in [3.63, 3.8) is 0 Å². The average Bonchev–Trinajstić information content (AvgIpc) is 3.31. The summed E-state index contributed by atoms with van der Waals surface area (Å²) in [6, 6.07) is 15.2. The summed E-state index contributed by atoms with van der Waals surface area (Å²) in [7, 11) is 0. The third kappa shape index (κ3) is 3.72. The molecule has 8 nitrogen and oxygen atoms in total. The number of hydrogen-bond donors (Lipinski definition) is 1. The van der Waals surface area contributed by atoms with Crippen LogP contribution in [-0.4, -0.2) is 41.8 Å². The first-order valence-electron chi connectivity index (χ1n) is 11.5. The number of fused-ring (bicyclic) bond motifs is 2. The minimum absolute atomic E-state index is 0.130. The number of azo groups is 1. The lowest BCUT2D eigenvalue weighted by Gasteiger charge is -2.41. The molecule has 1 aliphatic carbocycles. The Balaban J connectivity index is 1.36. The first kappa shape index (κ1) is 21.4. The molecule has 2 aromatic carbocycles. The maximum absolute atomic E-state index is 13.8. The van der Waals surface area contributed by atoms with Crippen molar-refractivity contribution in [3.05, 3.63) is 89.7 Å². The predicted molar refractivity (Wildman–Crippen MR) is 132 cm³/mol. The highest BCUT2D eigenvalue weighted by atomic mass is 16.5. The Morgan fingerprint density at radius 3 is 2.69 bits per heavy atom. The van der Waals surface area contributed by atoms with E-state index in [9.17, 15) is 9.59 Å². The zero-order chi connectivity index (χ0) is 24.0. The van der Waals surface area contributed by atoms with Crippen LogP contribution in [0.5, 0.6) is 0 Å². The van der Waals surface area contributed by atoms with Gasteiger partial charge in [0.05, 0.1) is 30.3 Å². The van der Waals surface area contributed by atoms with Gasteiger partial charge in [-0.25, -0.2) is 0 Å². The summed E-state index contributed by atoms with van der Waals surface area (Å²) < 4.78 is 5.44. The lowest BCUT2D eigenvalue weighted by atomic mass is 9.87. The van der Waals surface area contributed by atoms with E-state index in [1.165, 1.54) is 0 Å². The highest BCUT2D eigenvalue weighted by Crippen LogP contribution is 2.36. The molecule has 1 N–H and O–H groups in total. The van der Waals surface area contributed by atoms with Gasteiger partial charge >= 0.3 is 0 Å². The highest BCUT2D eigenvalue weighted by molar-refractivity contribution is 6.12. The summed E-state index contributed by atoms with van der Waals surface area (Å²) in [4.78, 5) is 27.7. The number of benzene rings is 2. The fourth-order valence-corrected chi connectivity index (χ4v) is 4.68. The van der Waals surface area contributed by atoms with Gasteiger partial charge in [0.15, 0.2) is 5.69 Å². The van der Waals surface area contributed by atoms with Crippen LogP contribution in [0.2, 0.25) is 0 Å². The fraction of sp³-hybridized carbons (Fsp3) is 0.222. The lowest BCUT2D eigenvalue weighted by molar-refractivity contribution is -0.119. The Morgan fingerprint density at radius 2 is 1.91 bits per heavy atom. The van der Waals surface area contributed by atoms with Gasteiger partial charge in [-0.15, -0.1) is 10.2 Å². The number of rotatable bonds is 5. The summed E-state index contributed by atoms with van der Waals surface area (Å²) in [5, 5.41) is 16.1. The van der Waals surface area contributed by atoms with Crippen molar-refractivity contribution in [2.75, 3.05) is 24.7 Å². The number of aromatic amines is 1. The monoisotopic (exact) mass is 465 g/mol. The van der Waals surface area contributed by atoms with Crippen LogP contribution >= 0.6 is 0 Å². The van der Waals surface area contributed by atoms with E-state index in [1.54, 1.807) is 4.90 Å². The van der Waals surface area contributed by atoms with Gasteiger partial charge in [-0.05, 0) is 23.8 Å². The quantitative estimate of drug-likeness (QED) is 0.591. The van der Waals surface area contributed by atoms with E-state index in [2.05, 4.69) is 27.3 Å². The van der Waals surface area contributed by atoms with Crippen LogP contribution in [0.15, 0.2) is 88.6 Å². The van der Waals surface area contributed by atoms with E-state index >= 15 is 0 Å². The molecule has 35 heavy (non-hydrogen) atoms. The van der Waals surface area contributed by atoms with Crippen molar-refractivity contribution in [1.29, 1.82) is 0 Å². The number of aromatic nitrogens is 2. The number of carbonyl (C=O) groups excluding carboxylic acids is 2. The van der Waals surface area contributed by atoms with Crippen molar-refractivity contribution in [2.45, 2.75) is 6.92 Å². The number of amides is 2. The molecule has 3 heterocycles. The molecule has 0 radical (unpaired) electrons. The van der Waals surface area contributed by atoms with Crippen molar-refractivity contribution >= 4 is 34.1 Å². The summed E-state index contributed by atoms with van der Waals surface area (Å²) in [5.74, 6) is -0.842. The van der Waals surface area contributed by atoms with Gasteiger partial charge in [-0.2, -0.15) is 5.10 Å². The Labute approximate surface area is 201 Å². The van der Waals surface area contributed by atoms with Crippen LogP contribution in [0.3, 0.4) is 0 Å². The minimum Gasteiger partial charge on any atom is -0.380 e. The molecule has 6 rings (SSSR count). The Hall–Kier alpha value is -4.17. The minimum atomic E-state index is -0.406. The molecule has 3 aliphatic rings. The van der Waals surface area contributed by atoms with Crippen molar-refractivity contribution in [2.24, 2.45) is 21.6 Å². The SMILES string of the molecule is CC1(CN(C(=O)c2n[nH]c3ccccc23)c2ccc(C3=C4C=CC=CC4C(=O)N=N3)cc2)COC1. The molecule has 174 valence electrons. The predicted octanol–water partition coefficient (Wildman–Crippen LogP) is 4.69. The molecule has 0 spiro atoms. The third-order valence-electron chi connectivity index (χ3n) is 6.62. The van der Waals surface area contributed by atoms with Crippen molar-refractivity contribution in [1.82, 2.24) is 10.2 Å². The number of nitrogens with zero attached hydrogens (tertiary/aromatic N) is 4. The topological polar surface area (TPSA) is 100 Å². The molecule has 1 fully saturated rings. The van der Waals surface area contributed by atoms with Crippen LogP contribution in [0, 0.1) is 11.3 Å². The summed E-state index contributed by atoms with van der Waals surface area (Å²) >= 11 is 0. The van der Waals surface area contributed by atoms with Gasteiger partial charge in [-0.3, -0.25) is 14.7 Å². The largest absolute Gasteiger partial charge is 0.380 e. The van der Waals surface area contributed by atoms with Gasteiger partial charge in [0.2, 0.25) is 0 Å². The third-order valence-corrected chi connectivity index (χ3v) is 6.62. The maximum Gasteiger partial charge on any atom is 0.279 e. The van der Waals surface area contributed by atoms with Crippen molar-refractivity contribution in [3.8, 4) is 0 Å². The number of ether oxygens (including phenoxy) is 1. The number of allylic oxidation sites excluding steroid dienone is 3. The summed E-state index contributed by atoms with van der Waals surface area (Å²) in [6.07, 6.45) is 7.48. The van der Waals surface area contributed by atoms with Gasteiger partial charge in [0.25, 0.3) is 11.8 Å². The lowest BCUT2D eigenvalue weighted by Crippen LogP contribution is -2.50. The number of anilines is 1. The molecular formula is C27H23N5O3. The maximum atomic E-state index is 13.8. The second kappa shape index (κ2) is 8.25. The molecule has 2 amide bonds. The molecule has 8 heteroatoms. The molecule has 3 aromatic rings. The van der Waals surface area contributed by atoms with E-state index in [4.69, 9.17) is 4.74 Å². The number of para-hydroxylation sites is 1. The van der Waals surface area contributed by atoms with Crippen LogP contribution in [-0.2, 0) is 9.53 Å². The van der Waals surface area contributed by atoms with Crippen LogP contribution in [0.25, 0.3) is 16.6 Å². The number of carbonyl (C=O) groups is 2. The zero-order valence-electron chi connectivity index (χ0n) is 19.1. The Kier molecular flexibility index (Phi) is 5.04. The standard InChI is InChI=1S/C27H23N5O3/c1-27(15-35-16-27)14-32(26(34)24-21-8-4-5-9-22(21)28-30-24)18-12-10-17(11-13-18)23-19-6-2-3-7-20(19)25(33)31-29-23/h2-13,20H,14-16H2,1H3,(H,28,30). The van der Waals surface area contributed by atoms with Gasteiger partial charge in [-0.1, -0.05) is 61.6 Å². The summed E-state index contributed by atoms with van der Waals surface area (Å²) in [5.41, 5.74) is 4.16. The normalized spacial score (nSPS) is 20.1. The molecule has 1 unspecified atom stereocenters. The number of nitrogens with one attached hydrogen (secondary N) is 1. The van der Waals surface area contributed by atoms with Gasteiger partial charge < -0.3 is 9.64 Å². The second-order valence-electron chi connectivity index (χ2n) is 9.42. The van der Waals surface area contributed by atoms with E-state index in [0.29, 0.717) is 31.1 Å². The van der Waals surface area contributed by atoms with Crippen molar-refractivity contribution < 1.29 is 14.3 Å². The number of H-pyrrole nitrogens is 1. The van der Waals surface area contributed by atoms with Crippen LogP contribution in [0.1, 0.15) is 23.0 Å². The van der Waals surface area contributed by atoms with E-state index in [-0.39, 0.29) is 17.2 Å². The van der Waals surface area contributed by atoms with Gasteiger partial charge in [0, 0.05) is 28.6 Å². The molecule has 0 bridgehead atoms. The molecule has 2 aliphatic heterocycles. The molecule has 1 atom stereocenters.